The van der Waals surface area contributed by atoms with Crippen molar-refractivity contribution in [3.05, 3.63) is 34.2 Å². The predicted molar refractivity (Wildman–Crippen MR) is 120 cm³/mol. The number of aromatic nitrogens is 3. The maximum Gasteiger partial charge on any atom is 0.270 e. The fourth-order valence-electron chi connectivity index (χ4n) is 4.10. The Labute approximate surface area is 191 Å². The van der Waals surface area contributed by atoms with Crippen molar-refractivity contribution in [3.63, 3.8) is 0 Å². The molecule has 0 radical (unpaired) electrons. The molecule has 4 heterocycles. The molecule has 2 aromatic heterocycles. The van der Waals surface area contributed by atoms with Crippen LogP contribution in [0.15, 0.2) is 17.9 Å². The lowest BCUT2D eigenvalue weighted by Gasteiger charge is -2.31. The van der Waals surface area contributed by atoms with E-state index in [1.807, 2.05) is 10.4 Å². The van der Waals surface area contributed by atoms with Gasteiger partial charge in [0.05, 0.1) is 17.3 Å². The van der Waals surface area contributed by atoms with Gasteiger partial charge in [-0.1, -0.05) is 0 Å². The van der Waals surface area contributed by atoms with Crippen LogP contribution >= 0.6 is 11.3 Å². The molecule has 1 saturated heterocycles. The first-order chi connectivity index (χ1) is 15.5. The average Bonchev–Trinajstić information content (AvgIpc) is 3.26. The zero-order valence-corrected chi connectivity index (χ0v) is 19.0. The normalized spacial score (nSPS) is 18.1. The lowest BCUT2D eigenvalue weighted by Crippen LogP contribution is -2.42. The molecule has 3 N–H and O–H groups in total. The highest BCUT2D eigenvalue weighted by atomic mass is 32.1. The number of carbonyl (C=O) groups excluding carboxylic acids is 2. The first-order valence-electron chi connectivity index (χ1n) is 10.9. The minimum absolute atomic E-state index is 0.0974. The molecule has 2 aliphatic rings. The summed E-state index contributed by atoms with van der Waals surface area (Å²) in [6, 6.07) is 1.82. The Balaban J connectivity index is 1.23. The van der Waals surface area contributed by atoms with E-state index in [1.165, 1.54) is 11.2 Å². The second kappa shape index (κ2) is 10.3. The van der Waals surface area contributed by atoms with Crippen LogP contribution in [0.1, 0.15) is 40.8 Å². The quantitative estimate of drug-likeness (QED) is 0.547. The van der Waals surface area contributed by atoms with Crippen LogP contribution in [-0.4, -0.2) is 86.5 Å². The number of carbonyl (C=O) groups is 2. The highest BCUT2D eigenvalue weighted by Gasteiger charge is 2.22. The van der Waals surface area contributed by atoms with Crippen molar-refractivity contribution >= 4 is 29.0 Å². The summed E-state index contributed by atoms with van der Waals surface area (Å²) < 4.78 is 0. The van der Waals surface area contributed by atoms with Crippen molar-refractivity contribution in [2.24, 2.45) is 0 Å². The molecule has 0 aliphatic carbocycles. The number of anilines is 1. The van der Waals surface area contributed by atoms with Gasteiger partial charge in [-0.3, -0.25) is 14.5 Å². The van der Waals surface area contributed by atoms with Gasteiger partial charge in [0.25, 0.3) is 5.91 Å². The van der Waals surface area contributed by atoms with Crippen LogP contribution in [-0.2, 0) is 17.8 Å². The first-order valence-corrected chi connectivity index (χ1v) is 11.8. The van der Waals surface area contributed by atoms with Crippen LogP contribution in [0.5, 0.6) is 0 Å². The van der Waals surface area contributed by atoms with Crippen LogP contribution in [0.25, 0.3) is 0 Å². The van der Waals surface area contributed by atoms with Crippen molar-refractivity contribution in [1.82, 2.24) is 30.1 Å². The molecule has 10 nitrogen and oxygen atoms in total. The van der Waals surface area contributed by atoms with E-state index in [0.717, 1.165) is 38.0 Å². The fourth-order valence-corrected chi connectivity index (χ4v) is 4.96. The van der Waals surface area contributed by atoms with Gasteiger partial charge in [-0.15, -0.1) is 11.3 Å². The monoisotopic (exact) mass is 459 g/mol. The SMILES string of the molecule is CC(=O)N1CCC(Nc2cc(C(=O)NC[C@H](O)CN3CCc4ncsc4C3)ncn2)CC1. The van der Waals surface area contributed by atoms with Crippen LogP contribution < -0.4 is 10.6 Å². The maximum atomic E-state index is 12.5. The Bertz CT molecular complexity index is 945. The number of likely N-dealkylation sites (tertiary alicyclic amines) is 1. The van der Waals surface area contributed by atoms with Gasteiger partial charge in [0.2, 0.25) is 5.91 Å². The summed E-state index contributed by atoms with van der Waals surface area (Å²) in [5.41, 5.74) is 3.28. The van der Waals surface area contributed by atoms with E-state index in [-0.39, 0.29) is 30.1 Å². The Hall–Kier alpha value is -2.63. The molecule has 1 atom stereocenters. The lowest BCUT2D eigenvalue weighted by molar-refractivity contribution is -0.129. The zero-order valence-electron chi connectivity index (χ0n) is 18.2. The summed E-state index contributed by atoms with van der Waals surface area (Å²) in [7, 11) is 0. The van der Waals surface area contributed by atoms with E-state index >= 15 is 0 Å². The number of fused-ring (bicyclic) bond motifs is 1. The summed E-state index contributed by atoms with van der Waals surface area (Å²) in [6.07, 6.45) is 3.24. The van der Waals surface area contributed by atoms with E-state index in [0.29, 0.717) is 25.5 Å². The number of nitrogens with zero attached hydrogens (tertiary/aromatic N) is 5. The highest BCUT2D eigenvalue weighted by molar-refractivity contribution is 7.09. The Morgan fingerprint density at radius 1 is 1.25 bits per heavy atom. The van der Waals surface area contributed by atoms with E-state index < -0.39 is 6.10 Å². The third-order valence-electron chi connectivity index (χ3n) is 5.92. The molecule has 2 aliphatic heterocycles. The standard InChI is InChI=1S/C21H29N7O3S/c1-14(29)28-6-2-15(3-7-28)26-20-8-18(23-12-24-20)21(31)22-9-16(30)10-27-5-4-17-19(11-27)32-13-25-17/h8,12-13,15-16,30H,2-7,9-11H2,1H3,(H,22,31)(H,23,24,26)/t16-/m0/s1. The summed E-state index contributed by atoms with van der Waals surface area (Å²) in [4.78, 5) is 41.9. The number of β-amino-alcohol motifs (C(OH)–C–C–N with tert-alkyl or cyclic N) is 1. The van der Waals surface area contributed by atoms with Crippen LogP contribution in [0, 0.1) is 0 Å². The van der Waals surface area contributed by atoms with E-state index in [2.05, 4.69) is 30.5 Å². The number of amides is 2. The second-order valence-electron chi connectivity index (χ2n) is 8.28. The number of hydrogen-bond donors (Lipinski definition) is 3. The summed E-state index contributed by atoms with van der Waals surface area (Å²) in [5.74, 6) is 0.338. The Morgan fingerprint density at radius 2 is 2.06 bits per heavy atom. The third kappa shape index (κ3) is 5.78. The molecule has 0 aromatic carbocycles. The lowest BCUT2D eigenvalue weighted by atomic mass is 10.1. The first kappa shape index (κ1) is 22.6. The van der Waals surface area contributed by atoms with Crippen molar-refractivity contribution < 1.29 is 14.7 Å². The van der Waals surface area contributed by atoms with Gasteiger partial charge < -0.3 is 20.6 Å². The molecule has 0 saturated carbocycles. The van der Waals surface area contributed by atoms with Gasteiger partial charge in [0.15, 0.2) is 0 Å². The fraction of sp³-hybridized carbons (Fsp3) is 0.571. The summed E-state index contributed by atoms with van der Waals surface area (Å²) >= 11 is 1.65. The Kier molecular flexibility index (Phi) is 7.28. The Morgan fingerprint density at radius 3 is 2.84 bits per heavy atom. The number of hydrogen-bond acceptors (Lipinski definition) is 9. The van der Waals surface area contributed by atoms with Crippen molar-refractivity contribution in [2.75, 3.05) is 38.0 Å². The summed E-state index contributed by atoms with van der Waals surface area (Å²) in [6.45, 7) is 5.30. The van der Waals surface area contributed by atoms with Crippen molar-refractivity contribution in [2.45, 2.75) is 44.9 Å². The number of nitrogens with one attached hydrogen (secondary N) is 2. The van der Waals surface area contributed by atoms with Crippen molar-refractivity contribution in [1.29, 1.82) is 0 Å². The maximum absolute atomic E-state index is 12.5. The minimum atomic E-state index is -0.667. The number of aliphatic hydroxyl groups excluding tert-OH is 1. The van der Waals surface area contributed by atoms with Gasteiger partial charge in [0, 0.05) is 69.6 Å². The second-order valence-corrected chi connectivity index (χ2v) is 9.22. The average molecular weight is 460 g/mol. The highest BCUT2D eigenvalue weighted by Crippen LogP contribution is 2.21. The van der Waals surface area contributed by atoms with Gasteiger partial charge in [0.1, 0.15) is 17.8 Å². The molecule has 1 fully saturated rings. The number of aliphatic hydroxyl groups is 1. The van der Waals surface area contributed by atoms with Crippen molar-refractivity contribution in [3.8, 4) is 0 Å². The zero-order chi connectivity index (χ0) is 22.5. The molecular formula is C21H29N7O3S. The molecule has 4 rings (SSSR count). The molecule has 172 valence electrons. The molecule has 2 amide bonds. The molecule has 0 bridgehead atoms. The smallest absolute Gasteiger partial charge is 0.270 e. The molecule has 0 spiro atoms. The van der Waals surface area contributed by atoms with Crippen LogP contribution in [0.4, 0.5) is 5.82 Å². The summed E-state index contributed by atoms with van der Waals surface area (Å²) in [5, 5.41) is 16.5. The predicted octanol–water partition coefficient (Wildman–Crippen LogP) is 0.505. The molecular weight excluding hydrogens is 430 g/mol. The molecule has 11 heteroatoms. The van der Waals surface area contributed by atoms with Gasteiger partial charge in [-0.25, -0.2) is 15.0 Å². The molecule has 0 unspecified atom stereocenters. The van der Waals surface area contributed by atoms with E-state index in [4.69, 9.17) is 0 Å². The van der Waals surface area contributed by atoms with Crippen LogP contribution in [0.3, 0.4) is 0 Å². The number of rotatable bonds is 7. The minimum Gasteiger partial charge on any atom is -0.390 e. The van der Waals surface area contributed by atoms with E-state index in [9.17, 15) is 14.7 Å². The van der Waals surface area contributed by atoms with Gasteiger partial charge >= 0.3 is 0 Å². The largest absolute Gasteiger partial charge is 0.390 e. The third-order valence-corrected chi connectivity index (χ3v) is 6.78. The number of piperidine rings is 1. The van der Waals surface area contributed by atoms with Gasteiger partial charge in [-0.05, 0) is 12.8 Å². The topological polar surface area (TPSA) is 124 Å². The van der Waals surface area contributed by atoms with Gasteiger partial charge in [-0.2, -0.15) is 0 Å². The molecule has 32 heavy (non-hydrogen) atoms. The van der Waals surface area contributed by atoms with E-state index in [1.54, 1.807) is 24.3 Å². The number of thiazole rings is 1. The molecule has 2 aromatic rings. The van der Waals surface area contributed by atoms with Crippen LogP contribution in [0.2, 0.25) is 0 Å².